The van der Waals surface area contributed by atoms with Gasteiger partial charge in [-0.15, -0.1) is 0 Å². The number of carbonyl (C=O) groups is 1. The summed E-state index contributed by atoms with van der Waals surface area (Å²) in [5, 5.41) is 4.67. The van der Waals surface area contributed by atoms with Crippen LogP contribution < -0.4 is 15.1 Å². The standard InChI is InChI=1S/C24H27ClIN3O2/c1-5-10-29-21-12-19(25)17(11-18(21)16(2)13-24(29,3)4)14-27-28-23(30)15-31-22-9-7-6-8-20(22)26/h6-9,11-14H,5,10,15H2,1-4H3,(H,28,30)/b27-14+. The quantitative estimate of drug-likeness (QED) is 0.265. The molecule has 0 spiro atoms. The maximum absolute atomic E-state index is 12.1. The molecule has 0 saturated carbocycles. The van der Waals surface area contributed by atoms with Crippen molar-refractivity contribution in [3.05, 3.63) is 62.2 Å². The van der Waals surface area contributed by atoms with Crippen LogP contribution in [0.2, 0.25) is 5.02 Å². The number of fused-ring (bicyclic) bond motifs is 1. The highest BCUT2D eigenvalue weighted by atomic mass is 127. The van der Waals surface area contributed by atoms with Gasteiger partial charge in [0, 0.05) is 23.4 Å². The molecule has 31 heavy (non-hydrogen) atoms. The van der Waals surface area contributed by atoms with E-state index in [4.69, 9.17) is 16.3 Å². The van der Waals surface area contributed by atoms with Gasteiger partial charge in [0.25, 0.3) is 5.91 Å². The van der Waals surface area contributed by atoms with E-state index in [2.05, 4.69) is 71.8 Å². The molecule has 1 N–H and O–H groups in total. The summed E-state index contributed by atoms with van der Waals surface area (Å²) in [6, 6.07) is 11.5. The molecule has 5 nitrogen and oxygen atoms in total. The number of amides is 1. The molecule has 0 bridgehead atoms. The van der Waals surface area contributed by atoms with Crippen LogP contribution in [0.5, 0.6) is 5.75 Å². The molecule has 1 aliphatic rings. The van der Waals surface area contributed by atoms with Crippen LogP contribution in [0.4, 0.5) is 5.69 Å². The molecule has 1 heterocycles. The lowest BCUT2D eigenvalue weighted by Crippen LogP contribution is -2.45. The first kappa shape index (κ1) is 23.6. The summed E-state index contributed by atoms with van der Waals surface area (Å²) in [5.41, 5.74) is 6.64. The average molecular weight is 552 g/mol. The molecule has 1 aliphatic heterocycles. The van der Waals surface area contributed by atoms with Crippen molar-refractivity contribution in [2.45, 2.75) is 39.7 Å². The largest absolute Gasteiger partial charge is 0.483 e. The molecule has 164 valence electrons. The summed E-state index contributed by atoms with van der Waals surface area (Å²) in [4.78, 5) is 14.5. The number of allylic oxidation sites excluding steroid dienone is 1. The van der Waals surface area contributed by atoms with Crippen LogP contribution in [0.15, 0.2) is 47.6 Å². The first-order valence-corrected chi connectivity index (χ1v) is 11.7. The van der Waals surface area contributed by atoms with E-state index in [9.17, 15) is 4.79 Å². The Morgan fingerprint density at radius 1 is 1.32 bits per heavy atom. The van der Waals surface area contributed by atoms with Crippen LogP contribution >= 0.6 is 34.2 Å². The van der Waals surface area contributed by atoms with Crippen LogP contribution in [0.25, 0.3) is 5.57 Å². The summed E-state index contributed by atoms with van der Waals surface area (Å²) in [5.74, 6) is 0.332. The molecule has 0 radical (unpaired) electrons. The zero-order valence-electron chi connectivity index (χ0n) is 18.2. The van der Waals surface area contributed by atoms with Gasteiger partial charge in [0.2, 0.25) is 0 Å². The number of anilines is 1. The molecule has 2 aromatic rings. The van der Waals surface area contributed by atoms with Crippen LogP contribution in [0, 0.1) is 3.57 Å². The van der Waals surface area contributed by atoms with E-state index >= 15 is 0 Å². The first-order chi connectivity index (χ1) is 14.7. The Hall–Kier alpha value is -2.06. The fourth-order valence-corrected chi connectivity index (χ4v) is 4.51. The van der Waals surface area contributed by atoms with Crippen LogP contribution in [0.1, 0.15) is 45.2 Å². The smallest absolute Gasteiger partial charge is 0.277 e. The van der Waals surface area contributed by atoms with Crippen molar-refractivity contribution in [2.75, 3.05) is 18.1 Å². The van der Waals surface area contributed by atoms with Crippen molar-refractivity contribution < 1.29 is 9.53 Å². The SMILES string of the molecule is CCCN1c2cc(Cl)c(/C=N/NC(=O)COc3ccccc3I)cc2C(C)=CC1(C)C. The average Bonchev–Trinajstić information content (AvgIpc) is 2.71. The number of halogens is 2. The second kappa shape index (κ2) is 10.0. The third-order valence-electron chi connectivity index (χ3n) is 5.13. The second-order valence-electron chi connectivity index (χ2n) is 8.04. The van der Waals surface area contributed by atoms with E-state index in [1.165, 1.54) is 5.57 Å². The number of ether oxygens (including phenoxy) is 1. The van der Waals surface area contributed by atoms with Gasteiger partial charge in [0.15, 0.2) is 6.61 Å². The van der Waals surface area contributed by atoms with Crippen molar-refractivity contribution in [1.82, 2.24) is 5.43 Å². The predicted octanol–water partition coefficient (Wildman–Crippen LogP) is 5.89. The third-order valence-corrected chi connectivity index (χ3v) is 6.35. The number of hydrogen-bond acceptors (Lipinski definition) is 4. The predicted molar refractivity (Wildman–Crippen MR) is 137 cm³/mol. The molecule has 1 amide bonds. The van der Waals surface area contributed by atoms with Gasteiger partial charge in [-0.1, -0.05) is 36.7 Å². The van der Waals surface area contributed by atoms with Crippen molar-refractivity contribution in [1.29, 1.82) is 0 Å². The highest BCUT2D eigenvalue weighted by Gasteiger charge is 2.31. The molecule has 0 atom stereocenters. The third kappa shape index (κ3) is 5.60. The Morgan fingerprint density at radius 3 is 2.77 bits per heavy atom. The Labute approximate surface area is 202 Å². The Balaban J connectivity index is 1.71. The number of carbonyl (C=O) groups excluding carboxylic acids is 1. The zero-order valence-corrected chi connectivity index (χ0v) is 21.1. The number of nitrogens with zero attached hydrogens (tertiary/aromatic N) is 2. The van der Waals surface area contributed by atoms with Gasteiger partial charge in [-0.25, -0.2) is 5.43 Å². The summed E-state index contributed by atoms with van der Waals surface area (Å²) in [6.07, 6.45) is 4.90. The highest BCUT2D eigenvalue weighted by Crippen LogP contribution is 2.41. The molecule has 0 unspecified atom stereocenters. The lowest BCUT2D eigenvalue weighted by atomic mass is 9.88. The summed E-state index contributed by atoms with van der Waals surface area (Å²) in [6.45, 7) is 9.55. The van der Waals surface area contributed by atoms with E-state index in [-0.39, 0.29) is 18.1 Å². The van der Waals surface area contributed by atoms with Gasteiger partial charge in [0.05, 0.1) is 20.3 Å². The molecule has 0 saturated heterocycles. The van der Waals surface area contributed by atoms with E-state index in [0.29, 0.717) is 10.8 Å². The Kier molecular flexibility index (Phi) is 7.64. The minimum Gasteiger partial charge on any atom is -0.483 e. The van der Waals surface area contributed by atoms with E-state index in [0.717, 1.165) is 33.4 Å². The molecule has 0 aliphatic carbocycles. The summed E-state index contributed by atoms with van der Waals surface area (Å²) < 4.78 is 6.48. The number of rotatable bonds is 7. The van der Waals surface area contributed by atoms with Gasteiger partial charge >= 0.3 is 0 Å². The topological polar surface area (TPSA) is 53.9 Å². The fourth-order valence-electron chi connectivity index (χ4n) is 3.76. The highest BCUT2D eigenvalue weighted by molar-refractivity contribution is 14.1. The first-order valence-electron chi connectivity index (χ1n) is 10.2. The molecule has 0 aromatic heterocycles. The monoisotopic (exact) mass is 551 g/mol. The minimum atomic E-state index is -0.336. The maximum Gasteiger partial charge on any atom is 0.277 e. The molecule has 2 aromatic carbocycles. The molecule has 0 fully saturated rings. The van der Waals surface area contributed by atoms with Gasteiger partial charge in [-0.2, -0.15) is 5.10 Å². The molecular formula is C24H27ClIN3O2. The van der Waals surface area contributed by atoms with Gasteiger partial charge in [0.1, 0.15) is 5.75 Å². The number of benzene rings is 2. The number of nitrogens with one attached hydrogen (secondary N) is 1. The number of para-hydroxylation sites is 1. The second-order valence-corrected chi connectivity index (χ2v) is 9.61. The minimum absolute atomic E-state index is 0.0728. The van der Waals surface area contributed by atoms with Crippen LogP contribution in [0.3, 0.4) is 0 Å². The van der Waals surface area contributed by atoms with Crippen molar-refractivity contribution in [2.24, 2.45) is 5.10 Å². The summed E-state index contributed by atoms with van der Waals surface area (Å²) >= 11 is 8.73. The van der Waals surface area contributed by atoms with Crippen molar-refractivity contribution >= 4 is 57.6 Å². The molecule has 7 heteroatoms. The van der Waals surface area contributed by atoms with Crippen LogP contribution in [-0.4, -0.2) is 30.8 Å². The van der Waals surface area contributed by atoms with E-state index < -0.39 is 0 Å². The van der Waals surface area contributed by atoms with Crippen molar-refractivity contribution in [3.8, 4) is 5.75 Å². The van der Waals surface area contributed by atoms with Gasteiger partial charge < -0.3 is 9.64 Å². The van der Waals surface area contributed by atoms with E-state index in [1.54, 1.807) is 6.21 Å². The normalized spacial score (nSPS) is 14.9. The zero-order chi connectivity index (χ0) is 22.6. The lowest BCUT2D eigenvalue weighted by molar-refractivity contribution is -0.123. The van der Waals surface area contributed by atoms with Crippen LogP contribution in [-0.2, 0) is 4.79 Å². The Bertz CT molecular complexity index is 1030. The van der Waals surface area contributed by atoms with E-state index in [1.807, 2.05) is 36.4 Å². The molecular weight excluding hydrogens is 525 g/mol. The van der Waals surface area contributed by atoms with Crippen molar-refractivity contribution in [3.63, 3.8) is 0 Å². The van der Waals surface area contributed by atoms with Gasteiger partial charge in [-0.3, -0.25) is 4.79 Å². The Morgan fingerprint density at radius 2 is 2.06 bits per heavy atom. The maximum atomic E-state index is 12.1. The molecule has 3 rings (SSSR count). The number of hydrogen-bond donors (Lipinski definition) is 1. The number of hydrazone groups is 1. The lowest BCUT2D eigenvalue weighted by Gasteiger charge is -2.43. The van der Waals surface area contributed by atoms with Gasteiger partial charge in [-0.05, 0) is 79.6 Å². The summed E-state index contributed by atoms with van der Waals surface area (Å²) in [7, 11) is 0. The fraction of sp³-hybridized carbons (Fsp3) is 0.333.